The Labute approximate surface area is 127 Å². The molecular weight excluding hydrogens is 288 g/mol. The molecule has 0 spiro atoms. The Kier molecular flexibility index (Phi) is 2.85. The molecule has 0 amide bonds. The van der Waals surface area contributed by atoms with E-state index in [1.807, 2.05) is 18.2 Å². The van der Waals surface area contributed by atoms with Gasteiger partial charge in [-0.05, 0) is 42.8 Å². The van der Waals surface area contributed by atoms with Gasteiger partial charge in [-0.15, -0.1) is 0 Å². The highest BCUT2D eigenvalue weighted by atomic mass is 32.1. The van der Waals surface area contributed by atoms with Crippen LogP contribution in [0.15, 0.2) is 29.5 Å². The van der Waals surface area contributed by atoms with E-state index in [4.69, 9.17) is 21.7 Å². The fraction of sp³-hybridized carbons (Fsp3) is 0.333. The molecule has 0 radical (unpaired) electrons. The molecule has 0 bridgehead atoms. The maximum Gasteiger partial charge on any atom is 0.231 e. The van der Waals surface area contributed by atoms with Crippen LogP contribution in [0.2, 0.25) is 0 Å². The molecular formula is C15H14N2O3S. The molecule has 0 unspecified atom stereocenters. The van der Waals surface area contributed by atoms with Crippen LogP contribution in [0.25, 0.3) is 0 Å². The first-order valence-electron chi connectivity index (χ1n) is 6.96. The van der Waals surface area contributed by atoms with Gasteiger partial charge in [-0.3, -0.25) is 4.79 Å². The second kappa shape index (κ2) is 4.73. The van der Waals surface area contributed by atoms with Crippen LogP contribution in [-0.2, 0) is 4.79 Å². The third-order valence-corrected chi connectivity index (χ3v) is 4.23. The van der Waals surface area contributed by atoms with Crippen LogP contribution >= 0.6 is 12.2 Å². The molecule has 3 aliphatic rings. The van der Waals surface area contributed by atoms with Crippen molar-refractivity contribution in [3.8, 4) is 11.5 Å². The van der Waals surface area contributed by atoms with E-state index in [-0.39, 0.29) is 18.6 Å². The van der Waals surface area contributed by atoms with E-state index >= 15 is 0 Å². The van der Waals surface area contributed by atoms with Gasteiger partial charge in [0, 0.05) is 17.7 Å². The average molecular weight is 302 g/mol. The molecule has 2 heterocycles. The third kappa shape index (κ3) is 2.06. The molecule has 108 valence electrons. The van der Waals surface area contributed by atoms with Crippen LogP contribution in [-0.4, -0.2) is 17.7 Å². The van der Waals surface area contributed by atoms with E-state index in [9.17, 15) is 4.79 Å². The van der Waals surface area contributed by atoms with Crippen molar-refractivity contribution in [1.29, 1.82) is 0 Å². The number of fused-ring (bicyclic) bond motifs is 1. The van der Waals surface area contributed by atoms with Gasteiger partial charge in [0.2, 0.25) is 6.79 Å². The van der Waals surface area contributed by atoms with Gasteiger partial charge in [-0.2, -0.15) is 0 Å². The predicted octanol–water partition coefficient (Wildman–Crippen LogP) is 1.94. The summed E-state index contributed by atoms with van der Waals surface area (Å²) in [5, 5.41) is 6.88. The van der Waals surface area contributed by atoms with Gasteiger partial charge in [-0.25, -0.2) is 0 Å². The van der Waals surface area contributed by atoms with Gasteiger partial charge in [0.05, 0.1) is 6.04 Å². The molecule has 0 saturated carbocycles. The number of carbonyl (C=O) groups is 1. The van der Waals surface area contributed by atoms with E-state index in [1.54, 1.807) is 0 Å². The first kappa shape index (κ1) is 12.6. The Bertz CT molecular complexity index is 683. The number of allylic oxidation sites excluding steroid dienone is 1. The number of thiocarbonyl (C=S) groups is 1. The Morgan fingerprint density at radius 2 is 2.05 bits per heavy atom. The molecule has 1 aliphatic carbocycles. The molecule has 6 heteroatoms. The molecule has 21 heavy (non-hydrogen) atoms. The monoisotopic (exact) mass is 302 g/mol. The SMILES string of the molecule is O=C1CCCC2=C1[C@H](c1ccc3c(c1)OCO3)NC(=S)N2. The van der Waals surface area contributed by atoms with Gasteiger partial charge >= 0.3 is 0 Å². The highest BCUT2D eigenvalue weighted by Gasteiger charge is 2.33. The molecule has 5 nitrogen and oxygen atoms in total. The number of ether oxygens (including phenoxy) is 2. The Balaban J connectivity index is 1.79. The van der Waals surface area contributed by atoms with Crippen LogP contribution < -0.4 is 20.1 Å². The minimum Gasteiger partial charge on any atom is -0.454 e. The summed E-state index contributed by atoms with van der Waals surface area (Å²) >= 11 is 5.27. The van der Waals surface area contributed by atoms with Crippen molar-refractivity contribution in [3.05, 3.63) is 35.0 Å². The van der Waals surface area contributed by atoms with Crippen LogP contribution in [0, 0.1) is 0 Å². The van der Waals surface area contributed by atoms with E-state index in [0.717, 1.165) is 35.4 Å². The standard InChI is InChI=1S/C15H14N2O3S/c18-10-3-1-2-9-13(10)14(17-15(21)16-9)8-4-5-11-12(6-8)20-7-19-11/h4-6,14H,1-3,7H2,(H2,16,17,21)/t14-/m0/s1. The lowest BCUT2D eigenvalue weighted by Crippen LogP contribution is -2.46. The third-order valence-electron chi connectivity index (χ3n) is 4.01. The van der Waals surface area contributed by atoms with Crippen molar-refractivity contribution in [1.82, 2.24) is 10.6 Å². The topological polar surface area (TPSA) is 59.6 Å². The summed E-state index contributed by atoms with van der Waals surface area (Å²) in [6.45, 7) is 0.240. The Morgan fingerprint density at radius 1 is 1.19 bits per heavy atom. The molecule has 1 atom stereocenters. The molecule has 1 aromatic rings. The van der Waals surface area contributed by atoms with Crippen LogP contribution in [0.4, 0.5) is 0 Å². The number of benzene rings is 1. The second-order valence-electron chi connectivity index (χ2n) is 5.31. The highest BCUT2D eigenvalue weighted by molar-refractivity contribution is 7.80. The largest absolute Gasteiger partial charge is 0.454 e. The van der Waals surface area contributed by atoms with E-state index < -0.39 is 0 Å². The number of hydrogen-bond acceptors (Lipinski definition) is 4. The number of rotatable bonds is 1. The smallest absolute Gasteiger partial charge is 0.231 e. The number of carbonyl (C=O) groups excluding carboxylic acids is 1. The maximum atomic E-state index is 12.3. The lowest BCUT2D eigenvalue weighted by molar-refractivity contribution is -0.116. The van der Waals surface area contributed by atoms with E-state index in [2.05, 4.69) is 10.6 Å². The minimum atomic E-state index is -0.212. The molecule has 0 saturated heterocycles. The van der Waals surface area contributed by atoms with Gasteiger partial charge in [0.1, 0.15) is 0 Å². The van der Waals surface area contributed by atoms with Gasteiger partial charge in [0.25, 0.3) is 0 Å². The van der Waals surface area contributed by atoms with Crippen LogP contribution in [0.5, 0.6) is 11.5 Å². The summed E-state index contributed by atoms with van der Waals surface area (Å²) < 4.78 is 10.8. The summed E-state index contributed by atoms with van der Waals surface area (Å²) in [6, 6.07) is 5.53. The van der Waals surface area contributed by atoms with Crippen molar-refractivity contribution in [2.75, 3.05) is 6.79 Å². The zero-order valence-electron chi connectivity index (χ0n) is 11.3. The van der Waals surface area contributed by atoms with Gasteiger partial charge in [-0.1, -0.05) is 6.07 Å². The van der Waals surface area contributed by atoms with Crippen molar-refractivity contribution in [3.63, 3.8) is 0 Å². The molecule has 4 rings (SSSR count). The van der Waals surface area contributed by atoms with Crippen molar-refractivity contribution in [2.24, 2.45) is 0 Å². The summed E-state index contributed by atoms with van der Waals surface area (Å²) in [4.78, 5) is 12.3. The normalized spacial score (nSPS) is 23.5. The molecule has 2 aliphatic heterocycles. The lowest BCUT2D eigenvalue weighted by atomic mass is 9.85. The minimum absolute atomic E-state index is 0.182. The first-order chi connectivity index (χ1) is 10.2. The molecule has 2 N–H and O–H groups in total. The van der Waals surface area contributed by atoms with Crippen LogP contribution in [0.1, 0.15) is 30.9 Å². The number of hydrogen-bond donors (Lipinski definition) is 2. The fourth-order valence-electron chi connectivity index (χ4n) is 3.05. The Morgan fingerprint density at radius 3 is 2.95 bits per heavy atom. The Hall–Kier alpha value is -2.08. The van der Waals surface area contributed by atoms with Crippen molar-refractivity contribution < 1.29 is 14.3 Å². The van der Waals surface area contributed by atoms with Crippen LogP contribution in [0.3, 0.4) is 0 Å². The number of ketones is 1. The van der Waals surface area contributed by atoms with Crippen molar-refractivity contribution >= 4 is 23.1 Å². The number of Topliss-reactive ketones (excluding diaryl/α,β-unsaturated/α-hetero) is 1. The zero-order valence-corrected chi connectivity index (χ0v) is 12.1. The fourth-order valence-corrected chi connectivity index (χ4v) is 3.29. The van der Waals surface area contributed by atoms with E-state index in [0.29, 0.717) is 17.3 Å². The quantitative estimate of drug-likeness (QED) is 0.773. The molecule has 1 aromatic carbocycles. The van der Waals surface area contributed by atoms with Gasteiger partial charge < -0.3 is 20.1 Å². The summed E-state index contributed by atoms with van der Waals surface area (Å²) in [7, 11) is 0. The van der Waals surface area contributed by atoms with Gasteiger partial charge in [0.15, 0.2) is 22.4 Å². The maximum absolute atomic E-state index is 12.3. The van der Waals surface area contributed by atoms with Crippen molar-refractivity contribution in [2.45, 2.75) is 25.3 Å². The number of nitrogens with one attached hydrogen (secondary N) is 2. The van der Waals surface area contributed by atoms with E-state index in [1.165, 1.54) is 0 Å². The summed E-state index contributed by atoms with van der Waals surface area (Å²) in [6.07, 6.45) is 2.33. The zero-order chi connectivity index (χ0) is 14.4. The molecule has 0 fully saturated rings. The summed E-state index contributed by atoms with van der Waals surface area (Å²) in [5.41, 5.74) is 2.72. The molecule has 0 aromatic heterocycles. The summed E-state index contributed by atoms with van der Waals surface area (Å²) in [5.74, 6) is 1.63. The lowest BCUT2D eigenvalue weighted by Gasteiger charge is -2.33. The highest BCUT2D eigenvalue weighted by Crippen LogP contribution is 2.38. The average Bonchev–Trinajstić information content (AvgIpc) is 2.93. The predicted molar refractivity (Wildman–Crippen MR) is 80.1 cm³/mol. The first-order valence-corrected chi connectivity index (χ1v) is 7.36. The second-order valence-corrected chi connectivity index (χ2v) is 5.72.